The normalized spacial score (nSPS) is 21.7. The predicted octanol–water partition coefficient (Wildman–Crippen LogP) is 2.83. The number of rotatable bonds is 4. The average molecular weight is 497 g/mol. The van der Waals surface area contributed by atoms with E-state index in [1.807, 2.05) is 0 Å². The number of carbonyl (C=O) groups is 4. The summed E-state index contributed by atoms with van der Waals surface area (Å²) in [5.41, 5.74) is 0. The van der Waals surface area contributed by atoms with Gasteiger partial charge in [-0.25, -0.2) is 19.2 Å². The van der Waals surface area contributed by atoms with Crippen LogP contribution in [0.3, 0.4) is 0 Å². The van der Waals surface area contributed by atoms with E-state index in [1.165, 1.54) is 75.5 Å². The first kappa shape index (κ1) is 26.8. The molecule has 1 aliphatic heterocycles. The van der Waals surface area contributed by atoms with Gasteiger partial charge in [0, 0.05) is 0 Å². The summed E-state index contributed by atoms with van der Waals surface area (Å²) in [5.74, 6) is -0.395. The first-order chi connectivity index (χ1) is 14.4. The summed E-state index contributed by atoms with van der Waals surface area (Å²) in [7, 11) is 5.04. The number of hydrogen-bond acceptors (Lipinski definition) is 12. The highest BCUT2D eigenvalue weighted by atomic mass is 32.2. The molecule has 12 heteroatoms. The van der Waals surface area contributed by atoms with Crippen LogP contribution in [0.15, 0.2) is 19.6 Å². The van der Waals surface area contributed by atoms with Crippen LogP contribution in [0.1, 0.15) is 12.8 Å². The van der Waals surface area contributed by atoms with Crippen LogP contribution in [-0.2, 0) is 38.1 Å². The predicted molar refractivity (Wildman–Crippen MR) is 121 cm³/mol. The van der Waals surface area contributed by atoms with Crippen LogP contribution in [0.25, 0.3) is 0 Å². The SMILES string of the molecule is COC(=O)/C1=C(/C(=O)OC)SCCCS/C(C(=O)OC)=C(\C(=O)OC)SCCCS1. The molecule has 1 aliphatic rings. The zero-order valence-electron chi connectivity index (χ0n) is 17.1. The van der Waals surface area contributed by atoms with E-state index in [2.05, 4.69) is 0 Å². The van der Waals surface area contributed by atoms with E-state index in [0.29, 0.717) is 35.9 Å². The summed E-state index contributed by atoms with van der Waals surface area (Å²) < 4.78 is 19.3. The highest BCUT2D eigenvalue weighted by Crippen LogP contribution is 2.35. The van der Waals surface area contributed by atoms with Crippen LogP contribution < -0.4 is 0 Å². The van der Waals surface area contributed by atoms with Gasteiger partial charge in [0.2, 0.25) is 0 Å². The van der Waals surface area contributed by atoms with Crippen LogP contribution in [0.2, 0.25) is 0 Å². The highest BCUT2D eigenvalue weighted by molar-refractivity contribution is 8.09. The molecule has 0 spiro atoms. The minimum atomic E-state index is -0.592. The number of ether oxygens (including phenoxy) is 4. The van der Waals surface area contributed by atoms with Crippen molar-refractivity contribution >= 4 is 70.9 Å². The lowest BCUT2D eigenvalue weighted by atomic mass is 10.5. The molecule has 168 valence electrons. The maximum absolute atomic E-state index is 12.2. The van der Waals surface area contributed by atoms with E-state index in [0.717, 1.165) is 0 Å². The fraction of sp³-hybridized carbons (Fsp3) is 0.556. The summed E-state index contributed by atoms with van der Waals surface area (Å²) in [6, 6.07) is 0. The van der Waals surface area contributed by atoms with Crippen molar-refractivity contribution in [2.75, 3.05) is 51.5 Å². The van der Waals surface area contributed by atoms with Gasteiger partial charge in [0.15, 0.2) is 0 Å². The zero-order valence-corrected chi connectivity index (χ0v) is 20.4. The Bertz CT molecular complexity index is 601. The van der Waals surface area contributed by atoms with E-state index in [4.69, 9.17) is 18.9 Å². The van der Waals surface area contributed by atoms with Gasteiger partial charge in [0.1, 0.15) is 19.6 Å². The molecule has 30 heavy (non-hydrogen) atoms. The number of thioether (sulfide) groups is 4. The van der Waals surface area contributed by atoms with E-state index >= 15 is 0 Å². The van der Waals surface area contributed by atoms with Crippen LogP contribution >= 0.6 is 47.0 Å². The van der Waals surface area contributed by atoms with Crippen molar-refractivity contribution < 1.29 is 38.1 Å². The van der Waals surface area contributed by atoms with E-state index < -0.39 is 23.9 Å². The maximum atomic E-state index is 12.2. The van der Waals surface area contributed by atoms with Crippen molar-refractivity contribution in [2.24, 2.45) is 0 Å². The third-order valence-corrected chi connectivity index (χ3v) is 8.33. The summed E-state index contributed by atoms with van der Waals surface area (Å²) in [5, 5.41) is 0. The monoisotopic (exact) mass is 496 g/mol. The van der Waals surface area contributed by atoms with Crippen molar-refractivity contribution in [3.8, 4) is 0 Å². The van der Waals surface area contributed by atoms with Gasteiger partial charge in [-0.15, -0.1) is 47.0 Å². The van der Waals surface area contributed by atoms with E-state index in [-0.39, 0.29) is 19.6 Å². The van der Waals surface area contributed by atoms with Crippen LogP contribution in [0, 0.1) is 0 Å². The summed E-state index contributed by atoms with van der Waals surface area (Å²) >= 11 is 4.80. The molecule has 0 saturated carbocycles. The molecule has 0 amide bonds. The zero-order chi connectivity index (χ0) is 22.5. The van der Waals surface area contributed by atoms with Gasteiger partial charge in [-0.05, 0) is 35.9 Å². The van der Waals surface area contributed by atoms with Gasteiger partial charge in [0.05, 0.1) is 28.4 Å². The van der Waals surface area contributed by atoms with Gasteiger partial charge < -0.3 is 18.9 Å². The average Bonchev–Trinajstić information content (AvgIpc) is 2.77. The van der Waals surface area contributed by atoms with E-state index in [9.17, 15) is 19.2 Å². The Balaban J connectivity index is 3.15. The second kappa shape index (κ2) is 14.7. The molecule has 1 heterocycles. The lowest BCUT2D eigenvalue weighted by Crippen LogP contribution is -2.14. The molecular formula is C18H24O8S4. The van der Waals surface area contributed by atoms with Crippen LogP contribution in [0.4, 0.5) is 0 Å². The molecule has 0 saturated heterocycles. The van der Waals surface area contributed by atoms with Gasteiger partial charge in [0.25, 0.3) is 0 Å². The first-order valence-corrected chi connectivity index (χ1v) is 12.7. The fourth-order valence-electron chi connectivity index (χ4n) is 2.05. The smallest absolute Gasteiger partial charge is 0.345 e. The van der Waals surface area contributed by atoms with Gasteiger partial charge in [-0.2, -0.15) is 0 Å². The molecule has 0 aromatic carbocycles. The molecule has 0 N–H and O–H groups in total. The Labute approximate surface area is 192 Å². The molecule has 1 rings (SSSR count). The molecule has 8 nitrogen and oxygen atoms in total. The third-order valence-electron chi connectivity index (χ3n) is 3.46. The minimum Gasteiger partial charge on any atom is -0.465 e. The van der Waals surface area contributed by atoms with Crippen molar-refractivity contribution in [3.63, 3.8) is 0 Å². The summed E-state index contributed by atoms with van der Waals surface area (Å²) in [6.07, 6.45) is 1.18. The maximum Gasteiger partial charge on any atom is 0.345 e. The number of esters is 4. The fourth-order valence-corrected chi connectivity index (χ4v) is 6.76. The molecule has 0 unspecified atom stereocenters. The van der Waals surface area contributed by atoms with Crippen molar-refractivity contribution in [1.29, 1.82) is 0 Å². The Morgan fingerprint density at radius 2 is 0.700 bits per heavy atom. The molecule has 0 aliphatic carbocycles. The largest absolute Gasteiger partial charge is 0.465 e. The van der Waals surface area contributed by atoms with Crippen molar-refractivity contribution in [3.05, 3.63) is 19.6 Å². The Hall–Kier alpha value is -1.24. The standard InChI is InChI=1S/C18H24O8S4/c1-23-15(19)11-12(16(20)24-2)28-8-6-10-30-14(18(22)26-4)13(17(21)25-3)29-9-5-7-27-11/h5-10H2,1-4H3/b12-11+,14-13+. The minimum absolute atomic E-state index is 0.211. The van der Waals surface area contributed by atoms with Crippen molar-refractivity contribution in [2.45, 2.75) is 12.8 Å². The topological polar surface area (TPSA) is 105 Å². The van der Waals surface area contributed by atoms with Gasteiger partial charge in [-0.1, -0.05) is 0 Å². The molecule has 0 fully saturated rings. The van der Waals surface area contributed by atoms with Gasteiger partial charge in [-0.3, -0.25) is 0 Å². The van der Waals surface area contributed by atoms with Gasteiger partial charge >= 0.3 is 23.9 Å². The highest BCUT2D eigenvalue weighted by Gasteiger charge is 2.26. The van der Waals surface area contributed by atoms with Crippen LogP contribution in [-0.4, -0.2) is 75.3 Å². The lowest BCUT2D eigenvalue weighted by molar-refractivity contribution is -0.138. The lowest BCUT2D eigenvalue weighted by Gasteiger charge is -2.14. The number of hydrogen-bond donors (Lipinski definition) is 0. The number of carbonyl (C=O) groups excluding carboxylic acids is 4. The summed E-state index contributed by atoms with van der Waals surface area (Å²) in [6.45, 7) is 0. The third kappa shape index (κ3) is 8.12. The van der Waals surface area contributed by atoms with Crippen LogP contribution in [0.5, 0.6) is 0 Å². The molecule has 0 aromatic rings. The molecule has 0 radical (unpaired) electrons. The second-order valence-corrected chi connectivity index (χ2v) is 9.80. The van der Waals surface area contributed by atoms with E-state index in [1.54, 1.807) is 0 Å². The molecule has 0 bridgehead atoms. The number of methoxy groups -OCH3 is 4. The second-order valence-electron chi connectivity index (χ2n) is 5.38. The van der Waals surface area contributed by atoms with Crippen molar-refractivity contribution in [1.82, 2.24) is 0 Å². The molecule has 0 atom stereocenters. The Morgan fingerprint density at radius 1 is 0.500 bits per heavy atom. The Kier molecular flexibility index (Phi) is 13.1. The summed E-state index contributed by atoms with van der Waals surface area (Å²) in [4.78, 5) is 49.7. The molecule has 0 aromatic heterocycles. The first-order valence-electron chi connectivity index (χ1n) is 8.74. The Morgan fingerprint density at radius 3 is 0.867 bits per heavy atom. The quantitative estimate of drug-likeness (QED) is 0.422. The molecular weight excluding hydrogens is 472 g/mol.